The zero-order valence-electron chi connectivity index (χ0n) is 20.3. The van der Waals surface area contributed by atoms with E-state index in [0.717, 1.165) is 29.6 Å². The molecule has 0 aromatic carbocycles. The smallest absolute Gasteiger partial charge is 0.164 e. The van der Waals surface area contributed by atoms with Crippen LogP contribution >= 0.6 is 0 Å². The van der Waals surface area contributed by atoms with E-state index in [9.17, 15) is 0 Å². The van der Waals surface area contributed by atoms with Gasteiger partial charge in [-0.2, -0.15) is 15.0 Å². The first-order valence-electron chi connectivity index (χ1n) is 12.7. The Bertz CT molecular complexity index is 1310. The van der Waals surface area contributed by atoms with E-state index in [4.69, 9.17) is 10.4 Å². The van der Waals surface area contributed by atoms with Crippen molar-refractivity contribution in [2.75, 3.05) is 11.9 Å². The highest BCUT2D eigenvalue weighted by Crippen LogP contribution is 2.28. The molecule has 0 atom stereocenters. The van der Waals surface area contributed by atoms with Gasteiger partial charge in [0.2, 0.25) is 0 Å². The minimum absolute atomic E-state index is 0.417. The molecule has 0 aliphatic heterocycles. The van der Waals surface area contributed by atoms with Gasteiger partial charge < -0.3 is 10.4 Å². The molecule has 4 heterocycles. The van der Waals surface area contributed by atoms with Crippen molar-refractivity contribution >= 4 is 16.7 Å². The van der Waals surface area contributed by atoms with Gasteiger partial charge in [-0.3, -0.25) is 0 Å². The maximum atomic E-state index is 9.06. The molecule has 0 bridgehead atoms. The van der Waals surface area contributed by atoms with E-state index in [2.05, 4.69) is 36.8 Å². The average molecular weight is 486 g/mol. The summed E-state index contributed by atoms with van der Waals surface area (Å²) in [4.78, 5) is 8.96. The third-order valence-corrected chi connectivity index (χ3v) is 6.99. The quantitative estimate of drug-likeness (QED) is 0.430. The van der Waals surface area contributed by atoms with Gasteiger partial charge in [0.25, 0.3) is 0 Å². The number of pyridine rings is 2. The first-order chi connectivity index (χ1) is 17.7. The van der Waals surface area contributed by atoms with Gasteiger partial charge in [-0.15, -0.1) is 5.10 Å². The number of fused-ring (bicyclic) bond motifs is 1. The summed E-state index contributed by atoms with van der Waals surface area (Å²) in [6.07, 6.45) is 19.8. The third kappa shape index (κ3) is 5.36. The average Bonchev–Trinajstić information content (AvgIpc) is 3.72. The number of hydrogen-bond donors (Lipinski definition) is 2. The van der Waals surface area contributed by atoms with Gasteiger partial charge in [0.15, 0.2) is 11.5 Å². The van der Waals surface area contributed by atoms with Crippen LogP contribution in [0.1, 0.15) is 63.4 Å². The fraction of sp³-hybridized carbons (Fsp3) is 0.462. The van der Waals surface area contributed by atoms with Gasteiger partial charge in [0.05, 0.1) is 36.0 Å². The van der Waals surface area contributed by atoms with Gasteiger partial charge in [-0.25, -0.2) is 14.6 Å². The van der Waals surface area contributed by atoms with E-state index >= 15 is 0 Å². The molecular weight excluding hydrogens is 454 g/mol. The molecule has 2 aliphatic rings. The number of nitriles is 1. The summed E-state index contributed by atoms with van der Waals surface area (Å²) >= 11 is 0. The maximum absolute atomic E-state index is 9.06. The topological polar surface area (TPSA) is 130 Å². The molecule has 2 saturated carbocycles. The Hall–Kier alpha value is -3.84. The van der Waals surface area contributed by atoms with Gasteiger partial charge in [0, 0.05) is 30.3 Å². The van der Waals surface area contributed by atoms with Gasteiger partial charge in [0.1, 0.15) is 11.8 Å². The van der Waals surface area contributed by atoms with Crippen molar-refractivity contribution in [3.05, 3.63) is 48.7 Å². The van der Waals surface area contributed by atoms with Crippen molar-refractivity contribution in [2.24, 2.45) is 5.92 Å². The molecule has 186 valence electrons. The molecule has 2 fully saturated rings. The number of aromatic nitrogens is 7. The van der Waals surface area contributed by atoms with Crippen molar-refractivity contribution in [3.63, 3.8) is 0 Å². The highest BCUT2D eigenvalue weighted by atomic mass is 16.3. The third-order valence-electron chi connectivity index (χ3n) is 6.99. The van der Waals surface area contributed by atoms with Gasteiger partial charge >= 0.3 is 0 Å². The standard InChI is InChI=1S/C19H17N9.C7H14O/c20-9-13-7-14-11-24-28(19(14)22-10-13)18-8-16(25-15-3-1-2-4-15)17(12-21-18)27-6-5-23-26-27;8-6-7-4-2-1-3-5-7/h5-8,10-12,15H,1-4H2,(H,21,25);7-8H,1-6H2. The highest BCUT2D eigenvalue weighted by Gasteiger charge is 2.19. The summed E-state index contributed by atoms with van der Waals surface area (Å²) in [5, 5.41) is 34.6. The molecule has 0 unspecified atom stereocenters. The molecule has 0 radical (unpaired) electrons. The lowest BCUT2D eigenvalue weighted by Crippen LogP contribution is -2.17. The molecule has 10 heteroatoms. The Morgan fingerprint density at radius 1 is 1.00 bits per heavy atom. The van der Waals surface area contributed by atoms with Crippen LogP contribution in [0.2, 0.25) is 0 Å². The zero-order chi connectivity index (χ0) is 24.7. The molecule has 10 nitrogen and oxygen atoms in total. The fourth-order valence-electron chi connectivity index (χ4n) is 5.00. The first-order valence-corrected chi connectivity index (χ1v) is 12.7. The largest absolute Gasteiger partial charge is 0.396 e. The Morgan fingerprint density at radius 3 is 2.50 bits per heavy atom. The number of nitrogens with zero attached hydrogens (tertiary/aromatic N) is 8. The Labute approximate surface area is 210 Å². The molecule has 4 aromatic heterocycles. The van der Waals surface area contributed by atoms with Gasteiger partial charge in [-0.05, 0) is 37.7 Å². The Kier molecular flexibility index (Phi) is 7.47. The number of rotatable bonds is 5. The van der Waals surface area contributed by atoms with E-state index in [-0.39, 0.29) is 0 Å². The van der Waals surface area contributed by atoms with Crippen LogP contribution in [0.25, 0.3) is 22.5 Å². The number of nitrogens with one attached hydrogen (secondary N) is 1. The van der Waals surface area contributed by atoms with Crippen molar-refractivity contribution in [1.29, 1.82) is 5.26 Å². The van der Waals surface area contributed by atoms with Crippen LogP contribution in [0.5, 0.6) is 0 Å². The predicted molar refractivity (Wildman–Crippen MR) is 136 cm³/mol. The summed E-state index contributed by atoms with van der Waals surface area (Å²) in [6, 6.07) is 6.26. The van der Waals surface area contributed by atoms with Crippen LogP contribution in [0.15, 0.2) is 43.1 Å². The molecule has 36 heavy (non-hydrogen) atoms. The summed E-state index contributed by atoms with van der Waals surface area (Å²) in [5.41, 5.74) is 2.93. The normalized spacial score (nSPS) is 16.4. The second kappa shape index (κ2) is 11.3. The first kappa shape index (κ1) is 23.9. The highest BCUT2D eigenvalue weighted by molar-refractivity contribution is 5.77. The van der Waals surface area contributed by atoms with E-state index in [1.807, 2.05) is 6.07 Å². The lowest BCUT2D eigenvalue weighted by Gasteiger charge is -2.18. The van der Waals surface area contributed by atoms with E-state index < -0.39 is 0 Å². The van der Waals surface area contributed by atoms with Crippen LogP contribution in [-0.4, -0.2) is 52.5 Å². The summed E-state index contributed by atoms with van der Waals surface area (Å²) in [5.74, 6) is 1.29. The van der Waals surface area contributed by atoms with Gasteiger partial charge in [-0.1, -0.05) is 37.3 Å². The zero-order valence-corrected chi connectivity index (χ0v) is 20.3. The van der Waals surface area contributed by atoms with Crippen molar-refractivity contribution in [3.8, 4) is 17.6 Å². The van der Waals surface area contributed by atoms with E-state index in [1.54, 1.807) is 46.4 Å². The van der Waals surface area contributed by atoms with Crippen LogP contribution in [0.3, 0.4) is 0 Å². The molecule has 0 amide bonds. The second-order valence-electron chi connectivity index (χ2n) is 9.52. The van der Waals surface area contributed by atoms with Crippen LogP contribution in [-0.2, 0) is 0 Å². The summed E-state index contributed by atoms with van der Waals surface area (Å²) in [7, 11) is 0. The molecule has 0 spiro atoms. The molecule has 4 aromatic rings. The minimum atomic E-state index is 0.417. The van der Waals surface area contributed by atoms with Crippen LogP contribution in [0.4, 0.5) is 5.69 Å². The lowest BCUT2D eigenvalue weighted by molar-refractivity contribution is 0.190. The Morgan fingerprint density at radius 2 is 1.81 bits per heavy atom. The van der Waals surface area contributed by atoms with E-state index in [0.29, 0.717) is 35.6 Å². The van der Waals surface area contributed by atoms with Crippen molar-refractivity contribution < 1.29 is 5.11 Å². The second-order valence-corrected chi connectivity index (χ2v) is 9.52. The number of aliphatic hydroxyl groups excluding tert-OH is 1. The molecule has 6 rings (SSSR count). The maximum Gasteiger partial charge on any atom is 0.164 e. The molecular formula is C26H31N9O. The van der Waals surface area contributed by atoms with Crippen LogP contribution < -0.4 is 5.32 Å². The lowest BCUT2D eigenvalue weighted by atomic mass is 9.90. The predicted octanol–water partition coefficient (Wildman–Crippen LogP) is 4.18. The monoisotopic (exact) mass is 485 g/mol. The SMILES string of the molecule is N#Cc1cnc2c(cnn2-c2cc(NC3CCCC3)c(-n3ccnn3)cn2)c1.OCC1CCCCC1. The summed E-state index contributed by atoms with van der Waals surface area (Å²) < 4.78 is 3.38. The number of aliphatic hydroxyl groups is 1. The number of anilines is 1. The van der Waals surface area contributed by atoms with E-state index in [1.165, 1.54) is 44.9 Å². The summed E-state index contributed by atoms with van der Waals surface area (Å²) in [6.45, 7) is 0.417. The number of hydrogen-bond acceptors (Lipinski definition) is 8. The van der Waals surface area contributed by atoms with Crippen LogP contribution in [0, 0.1) is 17.2 Å². The van der Waals surface area contributed by atoms with Crippen molar-refractivity contribution in [1.82, 2.24) is 34.7 Å². The fourth-order valence-corrected chi connectivity index (χ4v) is 5.00. The Balaban J connectivity index is 0.000000286. The molecule has 2 N–H and O–H groups in total. The molecule has 2 aliphatic carbocycles. The minimum Gasteiger partial charge on any atom is -0.396 e. The van der Waals surface area contributed by atoms with Crippen molar-refractivity contribution in [2.45, 2.75) is 63.8 Å². The molecule has 0 saturated heterocycles.